The van der Waals surface area contributed by atoms with Crippen LogP contribution >= 0.6 is 0 Å². The molecule has 6 heteroatoms. The highest BCUT2D eigenvalue weighted by Crippen LogP contribution is 2.24. The van der Waals surface area contributed by atoms with Gasteiger partial charge in [0.25, 0.3) is 10.2 Å². The van der Waals surface area contributed by atoms with Gasteiger partial charge >= 0.3 is 0 Å². The highest BCUT2D eigenvalue weighted by molar-refractivity contribution is 7.87. The lowest BCUT2D eigenvalue weighted by atomic mass is 9.92. The first kappa shape index (κ1) is 12.9. The van der Waals surface area contributed by atoms with Crippen molar-refractivity contribution in [3.8, 4) is 0 Å². The van der Waals surface area contributed by atoms with Crippen LogP contribution in [0.4, 0.5) is 0 Å². The zero-order valence-electron chi connectivity index (χ0n) is 9.25. The molecule has 0 aromatic heterocycles. The van der Waals surface area contributed by atoms with E-state index in [9.17, 15) is 8.42 Å². The smallest absolute Gasteiger partial charge is 0.276 e. The number of hydrogen-bond acceptors (Lipinski definition) is 3. The van der Waals surface area contributed by atoms with Gasteiger partial charge < -0.3 is 5.73 Å². The molecule has 0 unspecified atom stereocenters. The minimum Gasteiger partial charge on any atom is -0.324 e. The van der Waals surface area contributed by atoms with Crippen LogP contribution in [0.3, 0.4) is 0 Å². The summed E-state index contributed by atoms with van der Waals surface area (Å²) in [4.78, 5) is 0. The number of nitrogens with two attached hydrogens (primary N) is 1. The van der Waals surface area contributed by atoms with Gasteiger partial charge in [-0.3, -0.25) is 0 Å². The summed E-state index contributed by atoms with van der Waals surface area (Å²) in [6, 6.07) is 0. The molecule has 0 spiro atoms. The van der Waals surface area contributed by atoms with Crippen molar-refractivity contribution in [1.82, 2.24) is 9.44 Å². The van der Waals surface area contributed by atoms with E-state index in [4.69, 9.17) is 5.73 Å². The van der Waals surface area contributed by atoms with Crippen LogP contribution in [0, 0.1) is 0 Å². The van der Waals surface area contributed by atoms with Crippen LogP contribution in [-0.2, 0) is 10.2 Å². The fourth-order valence-corrected chi connectivity index (χ4v) is 2.54. The molecule has 0 amide bonds. The third-order valence-corrected chi connectivity index (χ3v) is 4.04. The highest BCUT2D eigenvalue weighted by atomic mass is 32.2. The summed E-state index contributed by atoms with van der Waals surface area (Å²) in [6.07, 6.45) is 6.41. The fourth-order valence-electron chi connectivity index (χ4n) is 1.92. The quantitative estimate of drug-likeness (QED) is 0.604. The standard InChI is InChI=1S/C9H21N3O2S/c1-11-15(13,14)12-8-9(10)6-4-2-3-5-7-9/h11-12H,2-8,10H2,1H3. The Hall–Kier alpha value is -0.170. The van der Waals surface area contributed by atoms with E-state index in [1.165, 1.54) is 19.9 Å². The Morgan fingerprint density at radius 2 is 1.73 bits per heavy atom. The minimum atomic E-state index is -3.35. The van der Waals surface area contributed by atoms with Crippen molar-refractivity contribution < 1.29 is 8.42 Å². The van der Waals surface area contributed by atoms with Gasteiger partial charge in [0.15, 0.2) is 0 Å². The maximum atomic E-state index is 11.2. The second-order valence-electron chi connectivity index (χ2n) is 4.31. The van der Waals surface area contributed by atoms with Gasteiger partial charge in [0.2, 0.25) is 0 Å². The first-order valence-electron chi connectivity index (χ1n) is 5.44. The summed E-state index contributed by atoms with van der Waals surface area (Å²) < 4.78 is 27.1. The first-order chi connectivity index (χ1) is 6.97. The molecule has 4 N–H and O–H groups in total. The third kappa shape index (κ3) is 4.46. The molecule has 0 aromatic carbocycles. The molecular weight excluding hydrogens is 214 g/mol. The molecule has 0 atom stereocenters. The maximum Gasteiger partial charge on any atom is 0.276 e. The predicted molar refractivity (Wildman–Crippen MR) is 60.6 cm³/mol. The van der Waals surface area contributed by atoms with Gasteiger partial charge in [0.05, 0.1) is 0 Å². The predicted octanol–water partition coefficient (Wildman–Crippen LogP) is 0.0919. The molecule has 0 aliphatic heterocycles. The van der Waals surface area contributed by atoms with Crippen molar-refractivity contribution >= 4 is 10.2 Å². The number of rotatable bonds is 4. The van der Waals surface area contributed by atoms with Gasteiger partial charge in [-0.2, -0.15) is 8.42 Å². The van der Waals surface area contributed by atoms with Gasteiger partial charge in [0, 0.05) is 19.1 Å². The second kappa shape index (κ2) is 5.25. The van der Waals surface area contributed by atoms with Gasteiger partial charge in [0.1, 0.15) is 0 Å². The fraction of sp³-hybridized carbons (Fsp3) is 1.00. The lowest BCUT2D eigenvalue weighted by molar-refractivity contribution is 0.368. The van der Waals surface area contributed by atoms with E-state index in [2.05, 4.69) is 9.44 Å². The highest BCUT2D eigenvalue weighted by Gasteiger charge is 2.27. The Balaban J connectivity index is 2.48. The molecule has 0 aromatic rings. The minimum absolute atomic E-state index is 0.330. The van der Waals surface area contributed by atoms with E-state index in [-0.39, 0.29) is 5.54 Å². The monoisotopic (exact) mass is 235 g/mol. The molecule has 1 aliphatic carbocycles. The van der Waals surface area contributed by atoms with Crippen LogP contribution in [0.25, 0.3) is 0 Å². The molecule has 1 fully saturated rings. The van der Waals surface area contributed by atoms with E-state index >= 15 is 0 Å². The zero-order chi connectivity index (χ0) is 11.4. The lowest BCUT2D eigenvalue weighted by Crippen LogP contribution is -2.51. The van der Waals surface area contributed by atoms with Crippen molar-refractivity contribution in [2.45, 2.75) is 44.1 Å². The van der Waals surface area contributed by atoms with Gasteiger partial charge in [-0.05, 0) is 12.8 Å². The summed E-state index contributed by atoms with van der Waals surface area (Å²) in [6.45, 7) is 0.330. The Kier molecular flexibility index (Phi) is 4.51. The van der Waals surface area contributed by atoms with E-state index < -0.39 is 10.2 Å². The van der Waals surface area contributed by atoms with Crippen molar-refractivity contribution in [3.05, 3.63) is 0 Å². The van der Waals surface area contributed by atoms with Crippen molar-refractivity contribution in [2.24, 2.45) is 5.73 Å². The van der Waals surface area contributed by atoms with Crippen LogP contribution in [0.2, 0.25) is 0 Å². The Bertz CT molecular complexity index is 282. The number of nitrogens with one attached hydrogen (secondary N) is 2. The summed E-state index contributed by atoms with van der Waals surface area (Å²) in [5, 5.41) is 0. The Morgan fingerprint density at radius 1 is 1.20 bits per heavy atom. The molecule has 0 radical (unpaired) electrons. The van der Waals surface area contributed by atoms with Gasteiger partial charge in [-0.1, -0.05) is 25.7 Å². The van der Waals surface area contributed by atoms with E-state index in [0.717, 1.165) is 25.7 Å². The third-order valence-electron chi connectivity index (χ3n) is 2.98. The average Bonchev–Trinajstić information content (AvgIpc) is 2.42. The molecular formula is C9H21N3O2S. The van der Waals surface area contributed by atoms with Gasteiger partial charge in [-0.15, -0.1) is 0 Å². The van der Waals surface area contributed by atoms with E-state index in [1.807, 2.05) is 0 Å². The molecule has 1 aliphatic rings. The second-order valence-corrected chi connectivity index (χ2v) is 6.01. The zero-order valence-corrected chi connectivity index (χ0v) is 10.1. The van der Waals surface area contributed by atoms with Crippen molar-refractivity contribution in [2.75, 3.05) is 13.6 Å². The summed E-state index contributed by atoms with van der Waals surface area (Å²) in [5.74, 6) is 0. The molecule has 0 saturated heterocycles. The van der Waals surface area contributed by atoms with Crippen LogP contribution < -0.4 is 15.2 Å². The van der Waals surface area contributed by atoms with E-state index in [1.54, 1.807) is 0 Å². The summed E-state index contributed by atoms with van der Waals surface area (Å²) >= 11 is 0. The van der Waals surface area contributed by atoms with Crippen molar-refractivity contribution in [1.29, 1.82) is 0 Å². The van der Waals surface area contributed by atoms with Gasteiger partial charge in [-0.25, -0.2) is 9.44 Å². The first-order valence-corrected chi connectivity index (χ1v) is 6.93. The molecule has 1 rings (SSSR count). The molecule has 5 nitrogen and oxygen atoms in total. The SMILES string of the molecule is CNS(=O)(=O)NCC1(N)CCCCCC1. The maximum absolute atomic E-state index is 11.2. The molecule has 1 saturated carbocycles. The van der Waals surface area contributed by atoms with Crippen LogP contribution in [0.15, 0.2) is 0 Å². The Morgan fingerprint density at radius 3 is 2.20 bits per heavy atom. The summed E-state index contributed by atoms with van der Waals surface area (Å²) in [5.41, 5.74) is 5.81. The molecule has 15 heavy (non-hydrogen) atoms. The van der Waals surface area contributed by atoms with Crippen LogP contribution in [0.5, 0.6) is 0 Å². The topological polar surface area (TPSA) is 84.2 Å². The van der Waals surface area contributed by atoms with Crippen LogP contribution in [-0.4, -0.2) is 27.5 Å². The molecule has 0 heterocycles. The van der Waals surface area contributed by atoms with E-state index in [0.29, 0.717) is 6.54 Å². The normalized spacial score (nSPS) is 22.3. The largest absolute Gasteiger partial charge is 0.324 e. The lowest BCUT2D eigenvalue weighted by Gasteiger charge is -2.27. The number of hydrogen-bond donors (Lipinski definition) is 3. The van der Waals surface area contributed by atoms with Crippen molar-refractivity contribution in [3.63, 3.8) is 0 Å². The molecule has 0 bridgehead atoms. The summed E-state index contributed by atoms with van der Waals surface area (Å²) in [7, 11) is -1.96. The van der Waals surface area contributed by atoms with Crippen LogP contribution in [0.1, 0.15) is 38.5 Å². The average molecular weight is 235 g/mol. The molecule has 90 valence electrons. The Labute approximate surface area is 92.0 Å².